The van der Waals surface area contributed by atoms with Crippen molar-refractivity contribution in [1.82, 2.24) is 0 Å². The molecular formula is C12H16ClNO. The van der Waals surface area contributed by atoms with Gasteiger partial charge in [-0.3, -0.25) is 0 Å². The Hall–Kier alpha value is -0.890. The summed E-state index contributed by atoms with van der Waals surface area (Å²) in [4.78, 5) is 2.35. The molecule has 0 saturated heterocycles. The Morgan fingerprint density at radius 2 is 2.33 bits per heavy atom. The Morgan fingerprint density at radius 1 is 1.47 bits per heavy atom. The second-order valence-electron chi connectivity index (χ2n) is 3.85. The van der Waals surface area contributed by atoms with Crippen LogP contribution in [0.3, 0.4) is 0 Å². The number of fused-ring (bicyclic) bond motifs is 1. The van der Waals surface area contributed by atoms with Gasteiger partial charge in [0.05, 0.1) is 12.2 Å². The molecule has 0 bridgehead atoms. The van der Waals surface area contributed by atoms with Gasteiger partial charge in [0.2, 0.25) is 0 Å². The number of anilines is 1. The highest BCUT2D eigenvalue weighted by Gasteiger charge is 2.16. The summed E-state index contributed by atoms with van der Waals surface area (Å²) in [6, 6.07) is 6.36. The summed E-state index contributed by atoms with van der Waals surface area (Å²) >= 11 is 5.72. The zero-order valence-electron chi connectivity index (χ0n) is 9.00. The van der Waals surface area contributed by atoms with E-state index in [1.165, 1.54) is 11.3 Å². The van der Waals surface area contributed by atoms with Gasteiger partial charge in [-0.2, -0.15) is 0 Å². The van der Waals surface area contributed by atoms with E-state index >= 15 is 0 Å². The van der Waals surface area contributed by atoms with Crippen molar-refractivity contribution in [2.75, 3.05) is 30.5 Å². The number of alkyl halides is 1. The van der Waals surface area contributed by atoms with Gasteiger partial charge < -0.3 is 9.64 Å². The predicted molar refractivity (Wildman–Crippen MR) is 64.2 cm³/mol. The maximum absolute atomic E-state index is 5.72. The van der Waals surface area contributed by atoms with Gasteiger partial charge in [-0.25, -0.2) is 0 Å². The third-order valence-electron chi connectivity index (χ3n) is 2.64. The second-order valence-corrected chi connectivity index (χ2v) is 4.23. The monoisotopic (exact) mass is 225 g/mol. The van der Waals surface area contributed by atoms with Crippen molar-refractivity contribution in [3.05, 3.63) is 23.8 Å². The molecule has 1 aromatic rings. The Balaban J connectivity index is 2.18. The van der Waals surface area contributed by atoms with Gasteiger partial charge in [-0.05, 0) is 31.0 Å². The Kier molecular flexibility index (Phi) is 3.37. The van der Waals surface area contributed by atoms with E-state index in [-0.39, 0.29) is 0 Å². The standard InChI is InChI=1S/C12H16ClNO/c1-10-3-4-11-12(9-10)15-8-7-14(11)6-2-5-13/h3-4,9H,2,5-8H2,1H3. The van der Waals surface area contributed by atoms with Crippen LogP contribution in [0.1, 0.15) is 12.0 Å². The third kappa shape index (κ3) is 2.37. The molecule has 2 nitrogen and oxygen atoms in total. The molecule has 0 saturated carbocycles. The van der Waals surface area contributed by atoms with Crippen LogP contribution in [-0.2, 0) is 0 Å². The highest BCUT2D eigenvalue weighted by molar-refractivity contribution is 6.17. The summed E-state index contributed by atoms with van der Waals surface area (Å²) in [5.74, 6) is 1.73. The molecule has 1 aromatic carbocycles. The van der Waals surface area contributed by atoms with Crippen LogP contribution in [0.2, 0.25) is 0 Å². The van der Waals surface area contributed by atoms with Crippen LogP contribution in [0.15, 0.2) is 18.2 Å². The van der Waals surface area contributed by atoms with E-state index in [1.54, 1.807) is 0 Å². The molecule has 0 aliphatic carbocycles. The fourth-order valence-electron chi connectivity index (χ4n) is 1.87. The van der Waals surface area contributed by atoms with E-state index in [9.17, 15) is 0 Å². The molecule has 0 unspecified atom stereocenters. The summed E-state index contributed by atoms with van der Waals surface area (Å²) < 4.78 is 5.64. The van der Waals surface area contributed by atoms with Crippen LogP contribution in [0.5, 0.6) is 5.75 Å². The van der Waals surface area contributed by atoms with E-state index in [1.807, 2.05) is 0 Å². The zero-order chi connectivity index (χ0) is 10.7. The average molecular weight is 226 g/mol. The Morgan fingerprint density at radius 3 is 3.13 bits per heavy atom. The van der Waals surface area contributed by atoms with Crippen molar-refractivity contribution < 1.29 is 4.74 Å². The number of hydrogen-bond donors (Lipinski definition) is 0. The summed E-state index contributed by atoms with van der Waals surface area (Å²) in [6.07, 6.45) is 1.02. The third-order valence-corrected chi connectivity index (χ3v) is 2.90. The Labute approximate surface area is 95.8 Å². The lowest BCUT2D eigenvalue weighted by atomic mass is 10.1. The molecule has 3 heteroatoms. The van der Waals surface area contributed by atoms with Gasteiger partial charge in [0.25, 0.3) is 0 Å². The van der Waals surface area contributed by atoms with Gasteiger partial charge in [0.1, 0.15) is 12.4 Å². The van der Waals surface area contributed by atoms with Gasteiger partial charge >= 0.3 is 0 Å². The molecule has 0 spiro atoms. The molecule has 0 amide bonds. The lowest BCUT2D eigenvalue weighted by Gasteiger charge is -2.31. The van der Waals surface area contributed by atoms with Crippen LogP contribution in [0.4, 0.5) is 5.69 Å². The molecule has 1 aliphatic heterocycles. The van der Waals surface area contributed by atoms with Crippen LogP contribution >= 0.6 is 11.6 Å². The molecule has 0 N–H and O–H groups in total. The number of hydrogen-bond acceptors (Lipinski definition) is 2. The number of nitrogens with zero attached hydrogens (tertiary/aromatic N) is 1. The van der Waals surface area contributed by atoms with Crippen LogP contribution < -0.4 is 9.64 Å². The van der Waals surface area contributed by atoms with Crippen molar-refractivity contribution in [3.63, 3.8) is 0 Å². The van der Waals surface area contributed by atoms with Crippen molar-refractivity contribution in [2.45, 2.75) is 13.3 Å². The number of benzene rings is 1. The number of rotatable bonds is 3. The first-order valence-electron chi connectivity index (χ1n) is 5.35. The maximum Gasteiger partial charge on any atom is 0.142 e. The molecule has 0 fully saturated rings. The van der Waals surface area contributed by atoms with Crippen molar-refractivity contribution in [1.29, 1.82) is 0 Å². The lowest BCUT2D eigenvalue weighted by Crippen LogP contribution is -2.33. The number of halogens is 1. The highest BCUT2D eigenvalue weighted by Crippen LogP contribution is 2.32. The van der Waals surface area contributed by atoms with Crippen molar-refractivity contribution in [2.24, 2.45) is 0 Å². The van der Waals surface area contributed by atoms with E-state index in [0.717, 1.165) is 37.7 Å². The Bertz CT molecular complexity index is 340. The minimum atomic E-state index is 0.721. The topological polar surface area (TPSA) is 12.5 Å². The smallest absolute Gasteiger partial charge is 0.142 e. The molecule has 15 heavy (non-hydrogen) atoms. The van der Waals surface area contributed by atoms with E-state index in [2.05, 4.69) is 30.0 Å². The fourth-order valence-corrected chi connectivity index (χ4v) is 1.99. The summed E-state index contributed by atoms with van der Waals surface area (Å²) in [5.41, 5.74) is 2.45. The van der Waals surface area contributed by atoms with Crippen molar-refractivity contribution >= 4 is 17.3 Å². The molecule has 0 radical (unpaired) electrons. The van der Waals surface area contributed by atoms with E-state index < -0.39 is 0 Å². The number of aryl methyl sites for hydroxylation is 1. The minimum Gasteiger partial charge on any atom is -0.490 e. The highest BCUT2D eigenvalue weighted by atomic mass is 35.5. The molecule has 82 valence electrons. The number of ether oxygens (including phenoxy) is 1. The summed E-state index contributed by atoms with van der Waals surface area (Å²) in [7, 11) is 0. The first-order valence-corrected chi connectivity index (χ1v) is 5.89. The van der Waals surface area contributed by atoms with Crippen LogP contribution in [0.25, 0.3) is 0 Å². The maximum atomic E-state index is 5.72. The van der Waals surface area contributed by atoms with Gasteiger partial charge in [-0.1, -0.05) is 6.07 Å². The van der Waals surface area contributed by atoms with E-state index in [4.69, 9.17) is 16.3 Å². The second kappa shape index (κ2) is 4.75. The van der Waals surface area contributed by atoms with E-state index in [0.29, 0.717) is 0 Å². The van der Waals surface area contributed by atoms with Gasteiger partial charge in [0.15, 0.2) is 0 Å². The minimum absolute atomic E-state index is 0.721. The van der Waals surface area contributed by atoms with Gasteiger partial charge in [-0.15, -0.1) is 11.6 Å². The molecule has 1 heterocycles. The molecule has 0 aromatic heterocycles. The zero-order valence-corrected chi connectivity index (χ0v) is 9.76. The van der Waals surface area contributed by atoms with Crippen LogP contribution in [0, 0.1) is 6.92 Å². The summed E-state index contributed by atoms with van der Waals surface area (Å²) in [6.45, 7) is 4.84. The van der Waals surface area contributed by atoms with Gasteiger partial charge in [0, 0.05) is 12.4 Å². The average Bonchev–Trinajstić information content (AvgIpc) is 2.25. The molecule has 2 rings (SSSR count). The lowest BCUT2D eigenvalue weighted by molar-refractivity contribution is 0.307. The summed E-state index contributed by atoms with van der Waals surface area (Å²) in [5, 5.41) is 0. The molecule has 1 aliphatic rings. The molecule has 0 atom stereocenters. The largest absolute Gasteiger partial charge is 0.490 e. The van der Waals surface area contributed by atoms with Crippen LogP contribution in [-0.4, -0.2) is 25.6 Å². The first-order chi connectivity index (χ1) is 7.31. The molecular weight excluding hydrogens is 210 g/mol. The van der Waals surface area contributed by atoms with Crippen molar-refractivity contribution in [3.8, 4) is 5.75 Å². The quantitative estimate of drug-likeness (QED) is 0.734. The SMILES string of the molecule is Cc1ccc2c(c1)OCCN2CCCCl. The predicted octanol–water partition coefficient (Wildman–Crippen LogP) is 2.82. The normalized spacial score (nSPS) is 14.7. The first kappa shape index (κ1) is 10.6. The fraction of sp³-hybridized carbons (Fsp3) is 0.500.